The van der Waals surface area contributed by atoms with Gasteiger partial charge in [-0.25, -0.2) is 0 Å². The Morgan fingerprint density at radius 2 is 1.65 bits per heavy atom. The van der Waals surface area contributed by atoms with E-state index in [1.807, 2.05) is 38.1 Å². The van der Waals surface area contributed by atoms with E-state index >= 15 is 0 Å². The van der Waals surface area contributed by atoms with E-state index < -0.39 is 10.3 Å². The summed E-state index contributed by atoms with van der Waals surface area (Å²) in [5, 5.41) is 10.9. The Hall–Kier alpha value is -2.49. The third kappa shape index (κ3) is 1.58. The maximum atomic E-state index is 12.6. The second-order valence-corrected chi connectivity index (χ2v) is 5.49. The van der Waals surface area contributed by atoms with Crippen LogP contribution in [-0.4, -0.2) is 10.7 Å². The molecule has 0 saturated carbocycles. The van der Waals surface area contributed by atoms with Gasteiger partial charge < -0.3 is 0 Å². The van der Waals surface area contributed by atoms with Crippen molar-refractivity contribution in [2.45, 2.75) is 19.3 Å². The van der Waals surface area contributed by atoms with Crippen LogP contribution >= 0.6 is 0 Å². The van der Waals surface area contributed by atoms with Gasteiger partial charge in [0.1, 0.15) is 0 Å². The average Bonchev–Trinajstić information content (AvgIpc) is 2.44. The van der Waals surface area contributed by atoms with Crippen molar-refractivity contribution < 1.29 is 9.72 Å². The summed E-state index contributed by atoms with van der Waals surface area (Å²) in [6.45, 7) is 3.63. The highest BCUT2D eigenvalue weighted by molar-refractivity contribution is 6.12. The standard InChI is InChI=1S/C16H13NO3/c1-16(2)14-9-10(17(19)20)7-8-12(14)11-5-3-4-6-13(11)15(16)18/h3-9H,1-2H3. The smallest absolute Gasteiger partial charge is 0.269 e. The van der Waals surface area contributed by atoms with Gasteiger partial charge in [-0.2, -0.15) is 0 Å². The third-order valence-electron chi connectivity index (χ3n) is 3.92. The molecule has 2 aromatic rings. The van der Waals surface area contributed by atoms with Crippen LogP contribution in [0, 0.1) is 10.1 Å². The van der Waals surface area contributed by atoms with Crippen LogP contribution in [-0.2, 0) is 5.41 Å². The second kappa shape index (κ2) is 4.00. The van der Waals surface area contributed by atoms with Gasteiger partial charge in [0.25, 0.3) is 5.69 Å². The number of non-ortho nitro benzene ring substituents is 1. The normalized spacial score (nSPS) is 15.4. The largest absolute Gasteiger partial charge is 0.293 e. The topological polar surface area (TPSA) is 60.2 Å². The monoisotopic (exact) mass is 267 g/mol. The lowest BCUT2D eigenvalue weighted by atomic mass is 9.69. The molecule has 1 aliphatic carbocycles. The first-order valence-electron chi connectivity index (χ1n) is 6.36. The van der Waals surface area contributed by atoms with Gasteiger partial charge in [-0.3, -0.25) is 14.9 Å². The molecule has 3 rings (SSSR count). The average molecular weight is 267 g/mol. The van der Waals surface area contributed by atoms with Crippen molar-refractivity contribution in [1.29, 1.82) is 0 Å². The van der Waals surface area contributed by atoms with Crippen molar-refractivity contribution in [1.82, 2.24) is 0 Å². The quantitative estimate of drug-likeness (QED) is 0.584. The number of rotatable bonds is 1. The molecule has 0 heterocycles. The van der Waals surface area contributed by atoms with Gasteiger partial charge >= 0.3 is 0 Å². The molecular formula is C16H13NO3. The fourth-order valence-corrected chi connectivity index (χ4v) is 2.77. The Balaban J connectivity index is 2.36. The van der Waals surface area contributed by atoms with E-state index in [0.29, 0.717) is 5.56 Å². The highest BCUT2D eigenvalue weighted by Crippen LogP contribution is 2.43. The van der Waals surface area contributed by atoms with Crippen LogP contribution in [0.1, 0.15) is 29.8 Å². The Morgan fingerprint density at radius 3 is 2.30 bits per heavy atom. The summed E-state index contributed by atoms with van der Waals surface area (Å²) >= 11 is 0. The molecule has 0 aliphatic heterocycles. The highest BCUT2D eigenvalue weighted by atomic mass is 16.6. The molecule has 0 radical (unpaired) electrons. The van der Waals surface area contributed by atoms with Crippen molar-refractivity contribution in [2.24, 2.45) is 0 Å². The Kier molecular flexibility index (Phi) is 2.51. The Morgan fingerprint density at radius 1 is 1.00 bits per heavy atom. The van der Waals surface area contributed by atoms with Gasteiger partial charge in [-0.15, -0.1) is 0 Å². The number of benzene rings is 2. The molecule has 100 valence electrons. The predicted molar refractivity (Wildman–Crippen MR) is 75.9 cm³/mol. The summed E-state index contributed by atoms with van der Waals surface area (Å²) in [5.41, 5.74) is 2.41. The molecule has 1 aliphatic rings. The van der Waals surface area contributed by atoms with Gasteiger partial charge in [0.2, 0.25) is 0 Å². The van der Waals surface area contributed by atoms with Crippen molar-refractivity contribution in [3.05, 3.63) is 63.7 Å². The van der Waals surface area contributed by atoms with Crippen LogP contribution in [0.5, 0.6) is 0 Å². The molecule has 0 bridgehead atoms. The molecule has 4 nitrogen and oxygen atoms in total. The molecule has 0 saturated heterocycles. The van der Waals surface area contributed by atoms with E-state index in [-0.39, 0.29) is 11.5 Å². The number of fused-ring (bicyclic) bond motifs is 3. The number of carbonyl (C=O) groups is 1. The number of carbonyl (C=O) groups excluding carboxylic acids is 1. The van der Waals surface area contributed by atoms with Crippen LogP contribution in [0.2, 0.25) is 0 Å². The third-order valence-corrected chi connectivity index (χ3v) is 3.92. The maximum absolute atomic E-state index is 12.6. The van der Waals surface area contributed by atoms with Crippen molar-refractivity contribution in [3.8, 4) is 11.1 Å². The fourth-order valence-electron chi connectivity index (χ4n) is 2.77. The zero-order valence-electron chi connectivity index (χ0n) is 11.2. The van der Waals surface area contributed by atoms with E-state index in [4.69, 9.17) is 0 Å². The predicted octanol–water partition coefficient (Wildman–Crippen LogP) is 3.74. The van der Waals surface area contributed by atoms with E-state index in [2.05, 4.69) is 0 Å². The number of nitro benzene ring substituents is 1. The van der Waals surface area contributed by atoms with E-state index in [1.165, 1.54) is 12.1 Å². The molecule has 2 aromatic carbocycles. The Bertz CT molecular complexity index is 747. The van der Waals surface area contributed by atoms with E-state index in [9.17, 15) is 14.9 Å². The Labute approximate surface area is 116 Å². The van der Waals surface area contributed by atoms with E-state index in [1.54, 1.807) is 6.07 Å². The van der Waals surface area contributed by atoms with Gasteiger partial charge in [0.15, 0.2) is 5.78 Å². The number of nitro groups is 1. The molecule has 0 spiro atoms. The molecule has 0 N–H and O–H groups in total. The fraction of sp³-hybridized carbons (Fsp3) is 0.188. The lowest BCUT2D eigenvalue weighted by molar-refractivity contribution is -0.384. The first-order chi connectivity index (χ1) is 9.43. The van der Waals surface area contributed by atoms with Gasteiger partial charge in [0, 0.05) is 17.7 Å². The molecule has 0 fully saturated rings. The van der Waals surface area contributed by atoms with Crippen LogP contribution in [0.25, 0.3) is 11.1 Å². The van der Waals surface area contributed by atoms with Crippen LogP contribution < -0.4 is 0 Å². The van der Waals surface area contributed by atoms with Crippen molar-refractivity contribution in [3.63, 3.8) is 0 Å². The van der Waals surface area contributed by atoms with Gasteiger partial charge in [-0.05, 0) is 36.6 Å². The summed E-state index contributed by atoms with van der Waals surface area (Å²) < 4.78 is 0. The molecule has 0 atom stereocenters. The SMILES string of the molecule is CC1(C)C(=O)c2ccccc2-c2ccc([N+](=O)[O-])cc21. The number of hydrogen-bond donors (Lipinski definition) is 0. The van der Waals surface area contributed by atoms with Crippen LogP contribution in [0.15, 0.2) is 42.5 Å². The zero-order chi connectivity index (χ0) is 14.5. The minimum absolute atomic E-state index is 0.00102. The number of hydrogen-bond acceptors (Lipinski definition) is 3. The summed E-state index contributed by atoms with van der Waals surface area (Å²) in [4.78, 5) is 23.1. The summed E-state index contributed by atoms with van der Waals surface area (Å²) in [6, 6.07) is 12.1. The molecule has 0 amide bonds. The summed E-state index contributed by atoms with van der Waals surface area (Å²) in [6.07, 6.45) is 0. The van der Waals surface area contributed by atoms with Gasteiger partial charge in [-0.1, -0.05) is 24.3 Å². The molecular weight excluding hydrogens is 254 g/mol. The zero-order valence-corrected chi connectivity index (χ0v) is 11.2. The minimum atomic E-state index is -0.754. The van der Waals surface area contributed by atoms with Gasteiger partial charge in [0.05, 0.1) is 10.3 Å². The lowest BCUT2D eigenvalue weighted by Gasteiger charge is -2.32. The van der Waals surface area contributed by atoms with Crippen LogP contribution in [0.3, 0.4) is 0 Å². The number of ketones is 1. The van der Waals surface area contributed by atoms with Crippen molar-refractivity contribution in [2.75, 3.05) is 0 Å². The number of nitrogens with zero attached hydrogens (tertiary/aromatic N) is 1. The first kappa shape index (κ1) is 12.5. The van der Waals surface area contributed by atoms with E-state index in [0.717, 1.165) is 16.7 Å². The van der Waals surface area contributed by atoms with Crippen molar-refractivity contribution >= 4 is 11.5 Å². The maximum Gasteiger partial charge on any atom is 0.269 e. The summed E-state index contributed by atoms with van der Waals surface area (Å²) in [5.74, 6) is 0.00102. The molecule has 20 heavy (non-hydrogen) atoms. The van der Waals surface area contributed by atoms with Crippen LogP contribution in [0.4, 0.5) is 5.69 Å². The molecule has 4 heteroatoms. The lowest BCUT2D eigenvalue weighted by Crippen LogP contribution is -2.33. The minimum Gasteiger partial charge on any atom is -0.293 e. The summed E-state index contributed by atoms with van der Waals surface area (Å²) in [7, 11) is 0. The first-order valence-corrected chi connectivity index (χ1v) is 6.36. The second-order valence-electron chi connectivity index (χ2n) is 5.49. The highest BCUT2D eigenvalue weighted by Gasteiger charge is 2.39. The molecule has 0 unspecified atom stereocenters. The molecule has 0 aromatic heterocycles. The number of Topliss-reactive ketones (excluding diaryl/α,β-unsaturated/α-hetero) is 1.